The van der Waals surface area contributed by atoms with Gasteiger partial charge in [-0.3, -0.25) is 0 Å². The standard InChI is InChI=1S/C13H17N3S/c1-8(2)16(3)12-11-9-5-4-6-10(9)17-13(11)15-7-14-12/h7-8H,4-6H2,1-3H3. The first-order chi connectivity index (χ1) is 8.18. The Kier molecular flexibility index (Phi) is 2.54. The molecule has 2 heterocycles. The molecule has 0 aromatic carbocycles. The maximum absolute atomic E-state index is 4.50. The van der Waals surface area contributed by atoms with Crippen molar-refractivity contribution in [1.82, 2.24) is 9.97 Å². The highest BCUT2D eigenvalue weighted by molar-refractivity contribution is 7.19. The minimum Gasteiger partial charge on any atom is -0.357 e. The van der Waals surface area contributed by atoms with Crippen molar-refractivity contribution in [3.05, 3.63) is 16.8 Å². The maximum Gasteiger partial charge on any atom is 0.141 e. The summed E-state index contributed by atoms with van der Waals surface area (Å²) >= 11 is 1.85. The quantitative estimate of drug-likeness (QED) is 0.817. The minimum atomic E-state index is 0.463. The third-order valence-electron chi connectivity index (χ3n) is 3.59. The van der Waals surface area contributed by atoms with Crippen molar-refractivity contribution < 1.29 is 0 Å². The highest BCUT2D eigenvalue weighted by Gasteiger charge is 2.22. The van der Waals surface area contributed by atoms with Gasteiger partial charge in [0, 0.05) is 18.0 Å². The number of rotatable bonds is 2. The normalized spacial score (nSPS) is 14.6. The highest BCUT2D eigenvalue weighted by atomic mass is 32.1. The lowest BCUT2D eigenvalue weighted by atomic mass is 10.1. The molecule has 0 saturated heterocycles. The molecule has 0 atom stereocenters. The molecule has 0 fully saturated rings. The van der Waals surface area contributed by atoms with Crippen LogP contribution in [0.25, 0.3) is 10.2 Å². The van der Waals surface area contributed by atoms with E-state index in [1.54, 1.807) is 6.33 Å². The molecule has 0 saturated carbocycles. The van der Waals surface area contributed by atoms with Gasteiger partial charge in [0.1, 0.15) is 17.0 Å². The number of hydrogen-bond donors (Lipinski definition) is 0. The van der Waals surface area contributed by atoms with E-state index in [0.717, 1.165) is 10.6 Å². The smallest absolute Gasteiger partial charge is 0.141 e. The van der Waals surface area contributed by atoms with E-state index in [2.05, 4.69) is 35.8 Å². The molecule has 3 nitrogen and oxygen atoms in total. The molecule has 1 aliphatic carbocycles. The number of thiophene rings is 1. The molecule has 2 aromatic heterocycles. The number of anilines is 1. The van der Waals surface area contributed by atoms with E-state index in [-0.39, 0.29) is 0 Å². The van der Waals surface area contributed by atoms with Crippen molar-refractivity contribution in [2.45, 2.75) is 39.2 Å². The molecule has 90 valence electrons. The Morgan fingerprint density at radius 1 is 1.29 bits per heavy atom. The van der Waals surface area contributed by atoms with Crippen LogP contribution in [-0.4, -0.2) is 23.1 Å². The molecule has 3 rings (SSSR count). The van der Waals surface area contributed by atoms with E-state index in [1.807, 2.05) is 11.3 Å². The highest BCUT2D eigenvalue weighted by Crippen LogP contribution is 2.40. The fourth-order valence-electron chi connectivity index (χ4n) is 2.42. The van der Waals surface area contributed by atoms with Gasteiger partial charge in [0.2, 0.25) is 0 Å². The fraction of sp³-hybridized carbons (Fsp3) is 0.538. The Labute approximate surface area is 106 Å². The van der Waals surface area contributed by atoms with Crippen molar-refractivity contribution in [3.8, 4) is 0 Å². The van der Waals surface area contributed by atoms with Crippen LogP contribution in [-0.2, 0) is 12.8 Å². The summed E-state index contributed by atoms with van der Waals surface area (Å²) in [7, 11) is 2.12. The van der Waals surface area contributed by atoms with Gasteiger partial charge in [-0.25, -0.2) is 9.97 Å². The number of nitrogens with zero attached hydrogens (tertiary/aromatic N) is 3. The summed E-state index contributed by atoms with van der Waals surface area (Å²) in [5.41, 5.74) is 1.51. The maximum atomic E-state index is 4.50. The first-order valence-corrected chi connectivity index (χ1v) is 6.98. The molecule has 1 aliphatic rings. The second-order valence-electron chi connectivity index (χ2n) is 4.94. The Bertz CT molecular complexity index is 559. The Hall–Kier alpha value is -1.16. The number of hydrogen-bond acceptors (Lipinski definition) is 4. The third-order valence-corrected chi connectivity index (χ3v) is 4.79. The summed E-state index contributed by atoms with van der Waals surface area (Å²) < 4.78 is 0. The van der Waals surface area contributed by atoms with Crippen molar-refractivity contribution in [2.75, 3.05) is 11.9 Å². The molecule has 2 aromatic rings. The van der Waals surface area contributed by atoms with E-state index in [9.17, 15) is 0 Å². The molecule has 0 radical (unpaired) electrons. The van der Waals surface area contributed by atoms with Crippen LogP contribution in [0.4, 0.5) is 5.82 Å². The Morgan fingerprint density at radius 2 is 2.12 bits per heavy atom. The summed E-state index contributed by atoms with van der Waals surface area (Å²) in [4.78, 5) is 13.9. The molecule has 0 amide bonds. The van der Waals surface area contributed by atoms with Crippen LogP contribution in [0.2, 0.25) is 0 Å². The predicted molar refractivity (Wildman–Crippen MR) is 73.0 cm³/mol. The number of fused-ring (bicyclic) bond motifs is 3. The van der Waals surface area contributed by atoms with Crippen LogP contribution in [0.5, 0.6) is 0 Å². The minimum absolute atomic E-state index is 0.463. The number of aryl methyl sites for hydroxylation is 2. The molecule has 0 spiro atoms. The second kappa shape index (κ2) is 3.95. The zero-order chi connectivity index (χ0) is 12.0. The summed E-state index contributed by atoms with van der Waals surface area (Å²) in [6, 6.07) is 0.463. The average molecular weight is 247 g/mol. The van der Waals surface area contributed by atoms with Crippen LogP contribution in [0.15, 0.2) is 6.33 Å². The molecule has 17 heavy (non-hydrogen) atoms. The first-order valence-electron chi connectivity index (χ1n) is 6.16. The van der Waals surface area contributed by atoms with Gasteiger partial charge in [-0.1, -0.05) is 0 Å². The van der Waals surface area contributed by atoms with E-state index in [4.69, 9.17) is 0 Å². The molecular weight excluding hydrogens is 230 g/mol. The van der Waals surface area contributed by atoms with Crippen molar-refractivity contribution in [2.24, 2.45) is 0 Å². The molecule has 0 bridgehead atoms. The van der Waals surface area contributed by atoms with Gasteiger partial charge in [0.15, 0.2) is 0 Å². The van der Waals surface area contributed by atoms with Gasteiger partial charge in [-0.2, -0.15) is 0 Å². The zero-order valence-corrected chi connectivity index (χ0v) is 11.3. The summed E-state index contributed by atoms with van der Waals surface area (Å²) in [6.07, 6.45) is 5.40. The van der Waals surface area contributed by atoms with E-state index in [1.165, 1.54) is 35.1 Å². The fourth-order valence-corrected chi connectivity index (χ4v) is 3.65. The Balaban J connectivity index is 2.24. The molecule has 0 unspecified atom stereocenters. The van der Waals surface area contributed by atoms with Crippen LogP contribution in [0.3, 0.4) is 0 Å². The van der Waals surface area contributed by atoms with Crippen LogP contribution in [0, 0.1) is 0 Å². The predicted octanol–water partition coefficient (Wildman–Crippen LogP) is 3.02. The summed E-state index contributed by atoms with van der Waals surface area (Å²) in [5, 5.41) is 1.31. The van der Waals surface area contributed by atoms with Crippen LogP contribution >= 0.6 is 11.3 Å². The van der Waals surface area contributed by atoms with Gasteiger partial charge in [-0.05, 0) is 38.7 Å². The molecule has 0 N–H and O–H groups in total. The second-order valence-corrected chi connectivity index (χ2v) is 6.02. The lowest BCUT2D eigenvalue weighted by molar-refractivity contribution is 0.745. The average Bonchev–Trinajstić information content (AvgIpc) is 2.86. The van der Waals surface area contributed by atoms with Gasteiger partial charge in [-0.15, -0.1) is 11.3 Å². The largest absolute Gasteiger partial charge is 0.357 e. The molecular formula is C13H17N3S. The van der Waals surface area contributed by atoms with Crippen LogP contribution in [0.1, 0.15) is 30.7 Å². The summed E-state index contributed by atoms with van der Waals surface area (Å²) in [6.45, 7) is 4.39. The zero-order valence-electron chi connectivity index (χ0n) is 10.5. The van der Waals surface area contributed by atoms with E-state index < -0.39 is 0 Å². The molecule has 0 aliphatic heterocycles. The lowest BCUT2D eigenvalue weighted by Crippen LogP contribution is -2.26. The van der Waals surface area contributed by atoms with Crippen molar-refractivity contribution in [3.63, 3.8) is 0 Å². The van der Waals surface area contributed by atoms with Gasteiger partial charge < -0.3 is 4.90 Å². The first kappa shape index (κ1) is 11.0. The monoisotopic (exact) mass is 247 g/mol. The SMILES string of the molecule is CC(C)N(C)c1ncnc2sc3c(c12)CCC3. The van der Waals surface area contributed by atoms with Crippen molar-refractivity contribution in [1.29, 1.82) is 0 Å². The molecule has 4 heteroatoms. The Morgan fingerprint density at radius 3 is 2.88 bits per heavy atom. The number of aromatic nitrogens is 2. The van der Waals surface area contributed by atoms with Gasteiger partial charge >= 0.3 is 0 Å². The van der Waals surface area contributed by atoms with E-state index in [0.29, 0.717) is 6.04 Å². The van der Waals surface area contributed by atoms with Gasteiger partial charge in [0.25, 0.3) is 0 Å². The topological polar surface area (TPSA) is 29.0 Å². The lowest BCUT2D eigenvalue weighted by Gasteiger charge is -2.23. The van der Waals surface area contributed by atoms with Crippen molar-refractivity contribution >= 4 is 27.4 Å². The summed E-state index contributed by atoms with van der Waals surface area (Å²) in [5.74, 6) is 1.10. The van der Waals surface area contributed by atoms with E-state index >= 15 is 0 Å². The van der Waals surface area contributed by atoms with Crippen LogP contribution < -0.4 is 4.90 Å². The third kappa shape index (κ3) is 1.62. The van der Waals surface area contributed by atoms with Gasteiger partial charge in [0.05, 0.1) is 5.39 Å².